The van der Waals surface area contributed by atoms with E-state index in [0.717, 1.165) is 5.69 Å². The van der Waals surface area contributed by atoms with E-state index in [1.165, 1.54) is 22.4 Å². The van der Waals surface area contributed by atoms with E-state index in [0.29, 0.717) is 0 Å². The van der Waals surface area contributed by atoms with Crippen LogP contribution in [0.4, 0.5) is 11.4 Å². The molecule has 2 nitrogen and oxygen atoms in total. The number of hydrogen-bond acceptors (Lipinski definition) is 2. The van der Waals surface area contributed by atoms with E-state index >= 15 is 0 Å². The van der Waals surface area contributed by atoms with Gasteiger partial charge in [-0.3, -0.25) is 0 Å². The van der Waals surface area contributed by atoms with Crippen molar-refractivity contribution in [1.82, 2.24) is 0 Å². The summed E-state index contributed by atoms with van der Waals surface area (Å²) >= 11 is 0. The third-order valence-corrected chi connectivity index (χ3v) is 4.41. The van der Waals surface area contributed by atoms with Gasteiger partial charge < -0.3 is 10.2 Å². The maximum Gasteiger partial charge on any atom is 0.0361 e. The predicted molar refractivity (Wildman–Crippen MR) is 104 cm³/mol. The van der Waals surface area contributed by atoms with Crippen molar-refractivity contribution in [3.05, 3.63) is 95.6 Å². The SMILES string of the molecule is CNc1ccc(C(c2ccccc2)c2ccc(N(C)C)cc2)cc1. The zero-order chi connectivity index (χ0) is 16.9. The van der Waals surface area contributed by atoms with Crippen molar-refractivity contribution >= 4 is 11.4 Å². The van der Waals surface area contributed by atoms with Gasteiger partial charge in [0.1, 0.15) is 0 Å². The Morgan fingerprint density at radius 3 is 1.67 bits per heavy atom. The van der Waals surface area contributed by atoms with E-state index in [9.17, 15) is 0 Å². The van der Waals surface area contributed by atoms with Crippen LogP contribution in [-0.2, 0) is 0 Å². The molecule has 122 valence electrons. The number of nitrogens with zero attached hydrogens (tertiary/aromatic N) is 1. The molecule has 0 aliphatic heterocycles. The molecule has 0 heterocycles. The molecule has 0 radical (unpaired) electrons. The molecule has 0 fully saturated rings. The molecule has 24 heavy (non-hydrogen) atoms. The minimum Gasteiger partial charge on any atom is -0.388 e. The molecular weight excluding hydrogens is 292 g/mol. The molecule has 0 saturated carbocycles. The lowest BCUT2D eigenvalue weighted by Gasteiger charge is -2.20. The van der Waals surface area contributed by atoms with E-state index in [-0.39, 0.29) is 5.92 Å². The van der Waals surface area contributed by atoms with Gasteiger partial charge in [-0.05, 0) is 41.0 Å². The van der Waals surface area contributed by atoms with Crippen molar-refractivity contribution in [2.75, 3.05) is 31.4 Å². The Kier molecular flexibility index (Phi) is 4.85. The molecule has 1 N–H and O–H groups in total. The normalized spacial score (nSPS) is 11.8. The summed E-state index contributed by atoms with van der Waals surface area (Å²) in [4.78, 5) is 2.13. The maximum absolute atomic E-state index is 3.19. The average molecular weight is 316 g/mol. The fraction of sp³-hybridized carbons (Fsp3) is 0.182. The zero-order valence-electron chi connectivity index (χ0n) is 14.5. The highest BCUT2D eigenvalue weighted by atomic mass is 15.1. The van der Waals surface area contributed by atoms with Crippen LogP contribution in [0.15, 0.2) is 78.9 Å². The number of hydrogen-bond donors (Lipinski definition) is 1. The molecule has 3 rings (SSSR count). The Morgan fingerprint density at radius 2 is 1.17 bits per heavy atom. The summed E-state index contributed by atoms with van der Waals surface area (Å²) in [5.74, 6) is 0.244. The summed E-state index contributed by atoms with van der Waals surface area (Å²) in [6, 6.07) is 28.2. The molecule has 2 heteroatoms. The minimum atomic E-state index is 0.244. The first-order chi connectivity index (χ1) is 11.7. The van der Waals surface area contributed by atoms with Gasteiger partial charge in [0.25, 0.3) is 0 Å². The molecule has 1 unspecified atom stereocenters. The summed E-state index contributed by atoms with van der Waals surface area (Å²) in [6.45, 7) is 0. The first kappa shape index (κ1) is 16.1. The Bertz CT molecular complexity index is 759. The topological polar surface area (TPSA) is 15.3 Å². The van der Waals surface area contributed by atoms with Crippen LogP contribution >= 0.6 is 0 Å². The maximum atomic E-state index is 3.19. The predicted octanol–water partition coefficient (Wildman–Crippen LogP) is 4.97. The second-order valence-corrected chi connectivity index (χ2v) is 6.20. The van der Waals surface area contributed by atoms with Crippen molar-refractivity contribution in [2.24, 2.45) is 0 Å². The molecule has 0 bridgehead atoms. The molecule has 0 spiro atoms. The van der Waals surface area contributed by atoms with Crippen LogP contribution in [0.3, 0.4) is 0 Å². The second kappa shape index (κ2) is 7.22. The van der Waals surface area contributed by atoms with Gasteiger partial charge in [0.15, 0.2) is 0 Å². The second-order valence-electron chi connectivity index (χ2n) is 6.20. The van der Waals surface area contributed by atoms with Crippen LogP contribution in [0.1, 0.15) is 22.6 Å². The fourth-order valence-electron chi connectivity index (χ4n) is 3.03. The molecule has 3 aromatic rings. The highest BCUT2D eigenvalue weighted by molar-refractivity contribution is 5.52. The molecule has 0 aliphatic rings. The zero-order valence-corrected chi connectivity index (χ0v) is 14.5. The van der Waals surface area contributed by atoms with E-state index in [1.807, 2.05) is 7.05 Å². The molecular formula is C22H24N2. The summed E-state index contributed by atoms with van der Waals surface area (Å²) < 4.78 is 0. The van der Waals surface area contributed by atoms with Crippen molar-refractivity contribution in [1.29, 1.82) is 0 Å². The highest BCUT2D eigenvalue weighted by Gasteiger charge is 2.16. The highest BCUT2D eigenvalue weighted by Crippen LogP contribution is 2.33. The molecule has 0 amide bonds. The van der Waals surface area contributed by atoms with Gasteiger partial charge in [0.2, 0.25) is 0 Å². The molecule has 0 saturated heterocycles. The first-order valence-electron chi connectivity index (χ1n) is 8.29. The van der Waals surface area contributed by atoms with Crippen LogP contribution < -0.4 is 10.2 Å². The number of rotatable bonds is 5. The number of nitrogens with one attached hydrogen (secondary N) is 1. The van der Waals surface area contributed by atoms with E-state index in [1.54, 1.807) is 0 Å². The summed E-state index contributed by atoms with van der Waals surface area (Å²) in [7, 11) is 6.09. The lowest BCUT2D eigenvalue weighted by molar-refractivity contribution is 0.975. The molecule has 0 aliphatic carbocycles. The van der Waals surface area contributed by atoms with Crippen molar-refractivity contribution in [3.8, 4) is 0 Å². The number of anilines is 2. The third-order valence-electron chi connectivity index (χ3n) is 4.41. The Morgan fingerprint density at radius 1 is 0.667 bits per heavy atom. The Balaban J connectivity index is 2.04. The van der Waals surface area contributed by atoms with Gasteiger partial charge in [0, 0.05) is 38.4 Å². The monoisotopic (exact) mass is 316 g/mol. The van der Waals surface area contributed by atoms with E-state index in [2.05, 4.69) is 103 Å². The van der Waals surface area contributed by atoms with Crippen LogP contribution in [-0.4, -0.2) is 21.1 Å². The van der Waals surface area contributed by atoms with Crippen molar-refractivity contribution in [2.45, 2.75) is 5.92 Å². The van der Waals surface area contributed by atoms with E-state index in [4.69, 9.17) is 0 Å². The van der Waals surface area contributed by atoms with Crippen LogP contribution in [0.2, 0.25) is 0 Å². The minimum absolute atomic E-state index is 0.244. The van der Waals surface area contributed by atoms with Gasteiger partial charge >= 0.3 is 0 Å². The average Bonchev–Trinajstić information content (AvgIpc) is 2.64. The van der Waals surface area contributed by atoms with Crippen LogP contribution in [0.5, 0.6) is 0 Å². The van der Waals surface area contributed by atoms with Gasteiger partial charge in [-0.25, -0.2) is 0 Å². The lowest BCUT2D eigenvalue weighted by atomic mass is 9.85. The Labute approximate surface area is 144 Å². The third kappa shape index (κ3) is 3.43. The lowest BCUT2D eigenvalue weighted by Crippen LogP contribution is -2.09. The Hall–Kier alpha value is -2.74. The van der Waals surface area contributed by atoms with Gasteiger partial charge in [-0.1, -0.05) is 54.6 Å². The van der Waals surface area contributed by atoms with Crippen LogP contribution in [0.25, 0.3) is 0 Å². The molecule has 1 atom stereocenters. The van der Waals surface area contributed by atoms with Crippen molar-refractivity contribution in [3.63, 3.8) is 0 Å². The van der Waals surface area contributed by atoms with Crippen LogP contribution in [0, 0.1) is 0 Å². The first-order valence-corrected chi connectivity index (χ1v) is 8.29. The largest absolute Gasteiger partial charge is 0.388 e. The van der Waals surface area contributed by atoms with Gasteiger partial charge in [0.05, 0.1) is 0 Å². The van der Waals surface area contributed by atoms with Gasteiger partial charge in [-0.15, -0.1) is 0 Å². The van der Waals surface area contributed by atoms with E-state index < -0.39 is 0 Å². The van der Waals surface area contributed by atoms with Crippen molar-refractivity contribution < 1.29 is 0 Å². The summed E-state index contributed by atoms with van der Waals surface area (Å²) in [6.07, 6.45) is 0. The standard InChI is InChI=1S/C22H24N2/c1-23-20-13-9-18(10-14-20)22(17-7-5-4-6-8-17)19-11-15-21(16-12-19)24(2)3/h4-16,22-23H,1-3H3. The quantitative estimate of drug-likeness (QED) is 0.668. The summed E-state index contributed by atoms with van der Waals surface area (Å²) in [5, 5.41) is 3.19. The van der Waals surface area contributed by atoms with Gasteiger partial charge in [-0.2, -0.15) is 0 Å². The summed E-state index contributed by atoms with van der Waals surface area (Å²) in [5.41, 5.74) is 6.28. The molecule has 0 aromatic heterocycles. The molecule has 3 aromatic carbocycles. The fourth-order valence-corrected chi connectivity index (χ4v) is 3.03. The smallest absolute Gasteiger partial charge is 0.0361 e. The number of benzene rings is 3.